The number of hydrogen-bond donors (Lipinski definition) is 1. The second kappa shape index (κ2) is 11.7. The summed E-state index contributed by atoms with van der Waals surface area (Å²) in [7, 11) is 0. The lowest BCUT2D eigenvalue weighted by molar-refractivity contribution is -0.136. The Kier molecular flexibility index (Phi) is 8.08. The third kappa shape index (κ3) is 5.89. The third-order valence-corrected chi connectivity index (χ3v) is 8.61. The van der Waals surface area contributed by atoms with Crippen LogP contribution < -0.4 is 10.1 Å². The van der Waals surface area contributed by atoms with Gasteiger partial charge in [0, 0.05) is 35.9 Å². The zero-order chi connectivity index (χ0) is 27.4. The molecule has 204 valence electrons. The normalized spacial score (nSPS) is 22.7. The SMILES string of the molecule is N#CC1(c2cccc(F)c2)CCN(CCCOc2cccc3c2C[C@H](CCC2CCC(=O)NC2=O)C3=O)CC1. The number of nitriles is 1. The van der Waals surface area contributed by atoms with Gasteiger partial charge in [-0.25, -0.2) is 4.39 Å². The van der Waals surface area contributed by atoms with Crippen LogP contribution in [0.25, 0.3) is 0 Å². The highest BCUT2D eigenvalue weighted by atomic mass is 19.1. The molecule has 1 aliphatic carbocycles. The molecule has 1 unspecified atom stereocenters. The minimum Gasteiger partial charge on any atom is -0.493 e. The molecule has 0 bridgehead atoms. The highest BCUT2D eigenvalue weighted by molar-refractivity contribution is 6.03. The number of benzene rings is 2. The van der Waals surface area contributed by atoms with Crippen molar-refractivity contribution in [1.29, 1.82) is 5.26 Å². The molecule has 8 heteroatoms. The number of ketones is 1. The van der Waals surface area contributed by atoms with E-state index in [9.17, 15) is 24.0 Å². The first kappa shape index (κ1) is 27.0. The fraction of sp³-hybridized carbons (Fsp3) is 0.484. The van der Waals surface area contributed by atoms with E-state index in [1.54, 1.807) is 6.07 Å². The predicted molar refractivity (Wildman–Crippen MR) is 143 cm³/mol. The average molecular weight is 532 g/mol. The molecule has 0 saturated carbocycles. The van der Waals surface area contributed by atoms with Crippen LogP contribution in [-0.4, -0.2) is 48.7 Å². The molecule has 2 heterocycles. The van der Waals surface area contributed by atoms with Crippen molar-refractivity contribution in [2.75, 3.05) is 26.2 Å². The van der Waals surface area contributed by atoms with Gasteiger partial charge in [0.15, 0.2) is 5.78 Å². The molecular formula is C31H34FN3O4. The van der Waals surface area contributed by atoms with Crippen LogP contribution in [0.15, 0.2) is 42.5 Å². The number of rotatable bonds is 9. The van der Waals surface area contributed by atoms with Gasteiger partial charge in [0.2, 0.25) is 11.8 Å². The summed E-state index contributed by atoms with van der Waals surface area (Å²) < 4.78 is 19.9. The van der Waals surface area contributed by atoms with Crippen molar-refractivity contribution in [1.82, 2.24) is 10.2 Å². The summed E-state index contributed by atoms with van der Waals surface area (Å²) in [4.78, 5) is 38.8. The maximum absolute atomic E-state index is 13.7. The van der Waals surface area contributed by atoms with Crippen LogP contribution in [0.3, 0.4) is 0 Å². The van der Waals surface area contributed by atoms with Gasteiger partial charge in [0.25, 0.3) is 0 Å². The van der Waals surface area contributed by atoms with Crippen LogP contribution in [0.2, 0.25) is 0 Å². The number of amides is 2. The Labute approximate surface area is 228 Å². The number of carbonyl (C=O) groups is 3. The molecule has 39 heavy (non-hydrogen) atoms. The summed E-state index contributed by atoms with van der Waals surface area (Å²) in [5, 5.41) is 12.3. The van der Waals surface area contributed by atoms with Gasteiger partial charge in [-0.05, 0) is 81.8 Å². The minimum atomic E-state index is -0.638. The molecule has 2 saturated heterocycles. The molecule has 2 aromatic rings. The van der Waals surface area contributed by atoms with E-state index in [4.69, 9.17) is 4.74 Å². The summed E-state index contributed by atoms with van der Waals surface area (Å²) in [6, 6.07) is 14.5. The topological polar surface area (TPSA) is 99.5 Å². The van der Waals surface area contributed by atoms with Crippen LogP contribution in [0.1, 0.15) is 66.4 Å². The second-order valence-corrected chi connectivity index (χ2v) is 11.0. The van der Waals surface area contributed by atoms with Crippen molar-refractivity contribution in [2.24, 2.45) is 11.8 Å². The summed E-state index contributed by atoms with van der Waals surface area (Å²) in [5.41, 5.74) is 1.78. The molecule has 2 amide bonds. The van der Waals surface area contributed by atoms with Gasteiger partial charge in [-0.15, -0.1) is 0 Å². The van der Waals surface area contributed by atoms with Crippen molar-refractivity contribution in [3.8, 4) is 11.8 Å². The second-order valence-electron chi connectivity index (χ2n) is 11.0. The van der Waals surface area contributed by atoms with Gasteiger partial charge in [0.05, 0.1) is 18.1 Å². The molecule has 7 nitrogen and oxygen atoms in total. The number of imide groups is 1. The summed E-state index contributed by atoms with van der Waals surface area (Å²) in [6.07, 6.45) is 4.89. The van der Waals surface area contributed by atoms with Crippen molar-refractivity contribution in [2.45, 2.75) is 56.8 Å². The van der Waals surface area contributed by atoms with E-state index < -0.39 is 5.41 Å². The van der Waals surface area contributed by atoms with Gasteiger partial charge in [-0.2, -0.15) is 5.26 Å². The molecule has 2 aliphatic heterocycles. The molecule has 0 spiro atoms. The molecule has 3 aliphatic rings. The molecule has 0 aromatic heterocycles. The smallest absolute Gasteiger partial charge is 0.229 e. The van der Waals surface area contributed by atoms with Crippen molar-refractivity contribution in [3.05, 3.63) is 65.0 Å². The number of likely N-dealkylation sites (tertiary alicyclic amines) is 1. The van der Waals surface area contributed by atoms with Gasteiger partial charge < -0.3 is 9.64 Å². The number of nitrogens with one attached hydrogen (secondary N) is 1. The highest BCUT2D eigenvalue weighted by Crippen LogP contribution is 2.37. The summed E-state index contributed by atoms with van der Waals surface area (Å²) in [5.74, 6) is -0.274. The predicted octanol–water partition coefficient (Wildman–Crippen LogP) is 4.34. The van der Waals surface area contributed by atoms with E-state index in [1.165, 1.54) is 12.1 Å². The monoisotopic (exact) mass is 531 g/mol. The molecule has 2 aromatic carbocycles. The van der Waals surface area contributed by atoms with Crippen LogP contribution >= 0.6 is 0 Å². The third-order valence-electron chi connectivity index (χ3n) is 8.61. The lowest BCUT2D eigenvalue weighted by Gasteiger charge is -2.37. The number of halogens is 1. The number of Topliss-reactive ketones (excluding diaryl/α,β-unsaturated/α-hetero) is 1. The number of nitrogens with zero attached hydrogens (tertiary/aromatic N) is 2. The molecular weight excluding hydrogens is 497 g/mol. The van der Waals surface area contributed by atoms with E-state index in [0.29, 0.717) is 57.1 Å². The van der Waals surface area contributed by atoms with Gasteiger partial charge in [0.1, 0.15) is 11.6 Å². The van der Waals surface area contributed by atoms with Crippen LogP contribution in [-0.2, 0) is 21.4 Å². The lowest BCUT2D eigenvalue weighted by Crippen LogP contribution is -2.42. The zero-order valence-electron chi connectivity index (χ0n) is 22.1. The van der Waals surface area contributed by atoms with Gasteiger partial charge in [-0.3, -0.25) is 19.7 Å². The minimum absolute atomic E-state index is 0.107. The Morgan fingerprint density at radius 3 is 2.59 bits per heavy atom. The summed E-state index contributed by atoms with van der Waals surface area (Å²) >= 11 is 0. The number of carbonyl (C=O) groups excluding carboxylic acids is 3. The van der Waals surface area contributed by atoms with E-state index in [-0.39, 0.29) is 35.3 Å². The van der Waals surface area contributed by atoms with E-state index in [2.05, 4.69) is 16.3 Å². The van der Waals surface area contributed by atoms with E-state index in [0.717, 1.165) is 42.9 Å². The van der Waals surface area contributed by atoms with Gasteiger partial charge in [-0.1, -0.05) is 24.3 Å². The molecule has 0 radical (unpaired) electrons. The number of ether oxygens (including phenoxy) is 1. The molecule has 2 atom stereocenters. The fourth-order valence-corrected chi connectivity index (χ4v) is 6.23. The van der Waals surface area contributed by atoms with Gasteiger partial charge >= 0.3 is 0 Å². The Morgan fingerprint density at radius 1 is 1.08 bits per heavy atom. The van der Waals surface area contributed by atoms with Crippen molar-refractivity contribution >= 4 is 17.6 Å². The Bertz CT molecular complexity index is 1290. The number of fused-ring (bicyclic) bond motifs is 1. The Balaban J connectivity index is 1.09. The first-order valence-electron chi connectivity index (χ1n) is 13.9. The number of piperidine rings is 2. The highest BCUT2D eigenvalue weighted by Gasteiger charge is 2.37. The Morgan fingerprint density at radius 2 is 1.85 bits per heavy atom. The standard InChI is InChI=1S/C31H34FN3O4/c32-24-5-1-4-23(19-24)31(20-33)12-15-35(16-13-31)14-3-17-39-27-7-2-6-25-26(27)18-22(29(25)37)9-8-21-10-11-28(36)34-30(21)38/h1-2,4-7,19,21-22H,3,8-18H2,(H,34,36,38)/t21?,22-/m0/s1. The van der Waals surface area contributed by atoms with E-state index >= 15 is 0 Å². The van der Waals surface area contributed by atoms with Crippen LogP contribution in [0.4, 0.5) is 4.39 Å². The van der Waals surface area contributed by atoms with E-state index in [1.807, 2.05) is 24.3 Å². The van der Waals surface area contributed by atoms with Crippen LogP contribution in [0, 0.1) is 29.0 Å². The quantitative estimate of drug-likeness (QED) is 0.382. The molecule has 1 N–H and O–H groups in total. The van der Waals surface area contributed by atoms with Crippen molar-refractivity contribution in [3.63, 3.8) is 0 Å². The first-order valence-corrected chi connectivity index (χ1v) is 13.9. The average Bonchev–Trinajstić information content (AvgIpc) is 3.27. The Hall–Kier alpha value is -3.57. The largest absolute Gasteiger partial charge is 0.493 e. The maximum Gasteiger partial charge on any atom is 0.229 e. The first-order chi connectivity index (χ1) is 18.9. The molecule has 5 rings (SSSR count). The lowest BCUT2D eigenvalue weighted by atomic mass is 9.74. The molecule has 2 fully saturated rings. The van der Waals surface area contributed by atoms with Crippen LogP contribution in [0.5, 0.6) is 5.75 Å². The zero-order valence-corrected chi connectivity index (χ0v) is 22.1. The van der Waals surface area contributed by atoms with Crippen molar-refractivity contribution < 1.29 is 23.5 Å². The number of hydrogen-bond acceptors (Lipinski definition) is 6. The summed E-state index contributed by atoms with van der Waals surface area (Å²) in [6.45, 7) is 2.91. The maximum atomic E-state index is 13.7. The fourth-order valence-electron chi connectivity index (χ4n) is 6.23.